The zero-order chi connectivity index (χ0) is 68.7. The third-order valence-electron chi connectivity index (χ3n) is 17.1. The molecule has 5 amide bonds. The summed E-state index contributed by atoms with van der Waals surface area (Å²) in [4.78, 5) is 147. The summed E-state index contributed by atoms with van der Waals surface area (Å²) in [5.74, 6) is -9.57. The van der Waals surface area contributed by atoms with Crippen LogP contribution in [0.4, 0.5) is 0 Å². The number of nitrogens with one attached hydrogen (secondary N) is 7. The van der Waals surface area contributed by atoms with Gasteiger partial charge in [0.1, 0.15) is 24.2 Å². The maximum atomic E-state index is 14.3. The number of unbranched alkanes of at least 4 members (excludes halogenated alkanes) is 1. The normalized spacial score (nSPS) is 18.0. The standard InChI is InChI=1S/C66H97N11O17/c1-43(2)34-45-11-16-48(17-12-45)44(3)61(87)68-25-23-52(72-56(78)38-74-26-28-75(39-58(81)82)30-32-77(41-60(85)86)33-31-76(29-27-74)40-59(83)84)63(89)69-37-46-13-19-50(20-14-46)62(88)73-55(36-47-15-18-49-8-4-5-9-51(49)35-47)64(90)67-24-7-6-10-53(65(91)92)70-42-71-54(66(93)94)21-22-57(79)80/h4-5,8-9,11-12,15-18,35,43-44,46,50,52-55,70-71H,6-7,10,13-14,19-34,36-42H2,1-3H3,(H,67,90)(H,68,87)(H,69,89)(H,72,78)(H,73,88)(H,79,80)(H,81,82)(H,83,84)(H,85,86)(H,91,92)(H,93,94). The highest BCUT2D eigenvalue weighted by atomic mass is 16.4. The average Bonchev–Trinajstić information content (AvgIpc) is 1.22. The van der Waals surface area contributed by atoms with Crippen LogP contribution in [0.25, 0.3) is 10.8 Å². The van der Waals surface area contributed by atoms with E-state index in [-0.39, 0.29) is 155 Å². The molecule has 0 radical (unpaired) electrons. The van der Waals surface area contributed by atoms with Gasteiger partial charge in [0.25, 0.3) is 0 Å². The lowest BCUT2D eigenvalue weighted by molar-refractivity contribution is -0.141. The van der Waals surface area contributed by atoms with E-state index in [0.29, 0.717) is 44.4 Å². The van der Waals surface area contributed by atoms with Gasteiger partial charge in [-0.1, -0.05) is 80.6 Å². The molecule has 1 aliphatic carbocycles. The monoisotopic (exact) mass is 1320 g/mol. The third kappa shape index (κ3) is 28.6. The number of carbonyl (C=O) groups is 11. The molecule has 518 valence electrons. The Hall–Kier alpha value is -8.15. The quantitative estimate of drug-likeness (QED) is 0.0285. The number of benzene rings is 3. The first-order valence-corrected chi connectivity index (χ1v) is 32.5. The van der Waals surface area contributed by atoms with E-state index < -0.39 is 89.5 Å². The topological polar surface area (TPSA) is 406 Å². The van der Waals surface area contributed by atoms with Crippen LogP contribution in [0.1, 0.15) is 108 Å². The maximum Gasteiger partial charge on any atom is 0.320 e. The molecule has 2 fully saturated rings. The van der Waals surface area contributed by atoms with E-state index in [1.807, 2.05) is 66.7 Å². The van der Waals surface area contributed by atoms with Gasteiger partial charge in [0, 0.05) is 97.4 Å². The van der Waals surface area contributed by atoms with Crippen molar-refractivity contribution in [2.75, 3.05) is 105 Å². The SMILES string of the molecule is CC(C)Cc1ccc(C(C)C(=O)NCCC(NC(=O)CN2CCN(CC(=O)O)CCN(CC(=O)O)CCN(CC(=O)O)CC2)C(=O)NCC2CCC(C(=O)NC(Cc3ccc4ccccc4c3)C(=O)NCCCCC(NCNC(CCC(=O)O)C(=O)O)C(=O)O)CC2)cc1. The molecule has 13 N–H and O–H groups in total. The Labute approximate surface area is 548 Å². The molecule has 1 heterocycles. The Morgan fingerprint density at radius 3 is 1.52 bits per heavy atom. The molecule has 0 bridgehead atoms. The van der Waals surface area contributed by atoms with Crippen LogP contribution < -0.4 is 37.2 Å². The van der Waals surface area contributed by atoms with E-state index in [0.717, 1.165) is 33.9 Å². The second kappa shape index (κ2) is 40.2. The number of nitrogens with zero attached hydrogens (tertiary/aromatic N) is 4. The predicted molar refractivity (Wildman–Crippen MR) is 347 cm³/mol. The number of aliphatic carboxylic acids is 6. The lowest BCUT2D eigenvalue weighted by Crippen LogP contribution is -2.53. The van der Waals surface area contributed by atoms with Gasteiger partial charge in [0.2, 0.25) is 29.5 Å². The second-order valence-corrected chi connectivity index (χ2v) is 25.0. The van der Waals surface area contributed by atoms with Gasteiger partial charge >= 0.3 is 35.8 Å². The van der Waals surface area contributed by atoms with Crippen LogP contribution in [0.15, 0.2) is 66.7 Å². The lowest BCUT2D eigenvalue weighted by atomic mass is 9.81. The van der Waals surface area contributed by atoms with E-state index in [1.165, 1.54) is 0 Å². The summed E-state index contributed by atoms with van der Waals surface area (Å²) in [6.45, 7) is 6.37. The average molecular weight is 1320 g/mol. The van der Waals surface area contributed by atoms with Gasteiger partial charge in [-0.05, 0) is 110 Å². The van der Waals surface area contributed by atoms with Crippen molar-refractivity contribution in [2.45, 2.75) is 128 Å². The lowest BCUT2D eigenvalue weighted by Gasteiger charge is -2.33. The first-order chi connectivity index (χ1) is 44.8. The maximum absolute atomic E-state index is 14.3. The molecule has 0 spiro atoms. The Kier molecular flexibility index (Phi) is 32.7. The number of rotatable bonds is 38. The minimum Gasteiger partial charge on any atom is -0.481 e. The summed E-state index contributed by atoms with van der Waals surface area (Å²) in [5, 5.41) is 79.2. The summed E-state index contributed by atoms with van der Waals surface area (Å²) >= 11 is 0. The van der Waals surface area contributed by atoms with Crippen LogP contribution in [-0.4, -0.2) is 245 Å². The van der Waals surface area contributed by atoms with E-state index >= 15 is 0 Å². The van der Waals surface area contributed by atoms with Gasteiger partial charge in [-0.15, -0.1) is 0 Å². The van der Waals surface area contributed by atoms with Crippen molar-refractivity contribution in [2.24, 2.45) is 17.8 Å². The molecule has 1 saturated carbocycles. The molecule has 0 aromatic heterocycles. The molecular formula is C66H97N11O17. The molecule has 5 atom stereocenters. The van der Waals surface area contributed by atoms with E-state index in [2.05, 4.69) is 51.1 Å². The number of carboxylic acids is 6. The highest BCUT2D eigenvalue weighted by Crippen LogP contribution is 2.29. The molecular weight excluding hydrogens is 1220 g/mol. The largest absolute Gasteiger partial charge is 0.481 e. The summed E-state index contributed by atoms with van der Waals surface area (Å²) in [6, 6.07) is 17.0. The van der Waals surface area contributed by atoms with Crippen molar-refractivity contribution in [1.82, 2.24) is 56.8 Å². The van der Waals surface area contributed by atoms with Crippen molar-refractivity contribution in [1.29, 1.82) is 0 Å². The Morgan fingerprint density at radius 2 is 0.989 bits per heavy atom. The molecule has 1 aliphatic heterocycles. The number of hydrogen-bond acceptors (Lipinski definition) is 17. The number of amides is 5. The number of fused-ring (bicyclic) bond motifs is 1. The van der Waals surface area contributed by atoms with Crippen LogP contribution in [-0.2, 0) is 65.6 Å². The van der Waals surface area contributed by atoms with Gasteiger partial charge in [-0.3, -0.25) is 83.0 Å². The summed E-state index contributed by atoms with van der Waals surface area (Å²) in [7, 11) is 0. The van der Waals surface area contributed by atoms with E-state index in [1.54, 1.807) is 26.5 Å². The number of hydrogen-bond donors (Lipinski definition) is 13. The molecule has 28 heteroatoms. The molecule has 3 aromatic carbocycles. The van der Waals surface area contributed by atoms with Crippen LogP contribution in [0.5, 0.6) is 0 Å². The molecule has 5 rings (SSSR count). The van der Waals surface area contributed by atoms with Gasteiger partial charge in [-0.2, -0.15) is 0 Å². The predicted octanol–water partition coefficient (Wildman–Crippen LogP) is 1.45. The molecule has 3 aromatic rings. The van der Waals surface area contributed by atoms with Gasteiger partial charge < -0.3 is 57.2 Å². The van der Waals surface area contributed by atoms with Crippen molar-refractivity contribution < 1.29 is 83.4 Å². The number of carbonyl (C=O) groups excluding carboxylic acids is 5. The number of carboxylic acid groups (broad SMARTS) is 6. The second-order valence-electron chi connectivity index (χ2n) is 25.0. The van der Waals surface area contributed by atoms with Crippen LogP contribution >= 0.6 is 0 Å². The molecule has 5 unspecified atom stereocenters. The molecule has 28 nitrogen and oxygen atoms in total. The van der Waals surface area contributed by atoms with E-state index in [4.69, 9.17) is 5.11 Å². The summed E-state index contributed by atoms with van der Waals surface area (Å²) < 4.78 is 0. The van der Waals surface area contributed by atoms with E-state index in [9.17, 15) is 78.3 Å². The van der Waals surface area contributed by atoms with Crippen LogP contribution in [0.2, 0.25) is 0 Å². The fourth-order valence-corrected chi connectivity index (χ4v) is 11.7. The molecule has 94 heavy (non-hydrogen) atoms. The van der Waals surface area contributed by atoms with Crippen molar-refractivity contribution in [3.8, 4) is 0 Å². The Morgan fingerprint density at radius 1 is 0.479 bits per heavy atom. The zero-order valence-electron chi connectivity index (χ0n) is 54.2. The van der Waals surface area contributed by atoms with Crippen LogP contribution in [0, 0.1) is 17.8 Å². The van der Waals surface area contributed by atoms with Gasteiger partial charge in [0.05, 0.1) is 32.1 Å². The first kappa shape index (κ1) is 76.6. The molecule has 2 aliphatic rings. The van der Waals surface area contributed by atoms with Gasteiger partial charge in [0.15, 0.2) is 0 Å². The highest BCUT2D eigenvalue weighted by molar-refractivity contribution is 5.90. The fourth-order valence-electron chi connectivity index (χ4n) is 11.7. The van der Waals surface area contributed by atoms with Crippen LogP contribution in [0.3, 0.4) is 0 Å². The minimum atomic E-state index is -1.27. The highest BCUT2D eigenvalue weighted by Gasteiger charge is 2.32. The first-order valence-electron chi connectivity index (χ1n) is 32.5. The van der Waals surface area contributed by atoms with Crippen molar-refractivity contribution >= 4 is 76.1 Å². The Balaban J connectivity index is 1.22. The minimum absolute atomic E-state index is 0.00818. The molecule has 1 saturated heterocycles. The summed E-state index contributed by atoms with van der Waals surface area (Å²) in [5.41, 5.74) is 2.77. The van der Waals surface area contributed by atoms with Crippen molar-refractivity contribution in [3.05, 3.63) is 83.4 Å². The summed E-state index contributed by atoms with van der Waals surface area (Å²) in [6.07, 6.45) is 3.32. The fraction of sp³-hybridized carbons (Fsp3) is 0.591. The zero-order valence-corrected chi connectivity index (χ0v) is 54.2. The third-order valence-corrected chi connectivity index (χ3v) is 17.1. The van der Waals surface area contributed by atoms with Gasteiger partial charge in [-0.25, -0.2) is 0 Å². The van der Waals surface area contributed by atoms with Crippen molar-refractivity contribution in [3.63, 3.8) is 0 Å². The Bertz CT molecular complexity index is 2970. The smallest absolute Gasteiger partial charge is 0.320 e.